The van der Waals surface area contributed by atoms with Crippen molar-refractivity contribution in [3.8, 4) is 11.5 Å². The molecule has 0 radical (unpaired) electrons. The van der Waals surface area contributed by atoms with Crippen LogP contribution >= 0.6 is 0 Å². The fourth-order valence-corrected chi connectivity index (χ4v) is 1.84. The molecule has 3 aromatic rings. The molecule has 0 bridgehead atoms. The number of oxazole rings is 1. The number of methoxy groups -OCH3 is 1. The summed E-state index contributed by atoms with van der Waals surface area (Å²) < 4.78 is 10.5. The summed E-state index contributed by atoms with van der Waals surface area (Å²) >= 11 is 0. The van der Waals surface area contributed by atoms with E-state index in [9.17, 15) is 5.11 Å². The van der Waals surface area contributed by atoms with Crippen molar-refractivity contribution in [2.75, 3.05) is 12.5 Å². The molecule has 3 rings (SSSR count). The number of anilines is 1. The fourth-order valence-electron chi connectivity index (χ4n) is 1.84. The molecule has 0 amide bonds. The molecule has 6 nitrogen and oxygen atoms in total. The Hall–Kier alpha value is -3.02. The first-order valence-electron chi connectivity index (χ1n) is 6.28. The zero-order valence-corrected chi connectivity index (χ0v) is 11.3. The maximum absolute atomic E-state index is 9.80. The Balaban J connectivity index is 1.74. The predicted molar refractivity (Wildman–Crippen MR) is 79.9 cm³/mol. The molecule has 0 saturated heterocycles. The number of phenols is 1. The van der Waals surface area contributed by atoms with Crippen LogP contribution in [-0.4, -0.2) is 23.4 Å². The van der Waals surface area contributed by atoms with Gasteiger partial charge in [-0.15, -0.1) is 0 Å². The van der Waals surface area contributed by atoms with Crippen LogP contribution in [0.5, 0.6) is 11.5 Å². The van der Waals surface area contributed by atoms with Gasteiger partial charge in [-0.3, -0.25) is 0 Å². The number of nitrogens with one attached hydrogen (secondary N) is 1. The molecule has 2 N–H and O–H groups in total. The van der Waals surface area contributed by atoms with Crippen LogP contribution in [-0.2, 0) is 0 Å². The van der Waals surface area contributed by atoms with Gasteiger partial charge in [0.2, 0.25) is 0 Å². The van der Waals surface area contributed by atoms with Gasteiger partial charge in [0, 0.05) is 11.6 Å². The molecule has 0 fully saturated rings. The highest BCUT2D eigenvalue weighted by molar-refractivity contribution is 5.84. The molecule has 21 heavy (non-hydrogen) atoms. The summed E-state index contributed by atoms with van der Waals surface area (Å²) in [6.07, 6.45) is 1.48. The van der Waals surface area contributed by atoms with Gasteiger partial charge in [-0.2, -0.15) is 10.1 Å². The van der Waals surface area contributed by atoms with E-state index >= 15 is 0 Å². The maximum atomic E-state index is 9.80. The van der Waals surface area contributed by atoms with Crippen molar-refractivity contribution in [3.05, 3.63) is 48.0 Å². The Morgan fingerprint density at radius 1 is 1.29 bits per heavy atom. The van der Waals surface area contributed by atoms with Gasteiger partial charge >= 0.3 is 6.01 Å². The van der Waals surface area contributed by atoms with Crippen LogP contribution in [0.15, 0.2) is 52.0 Å². The summed E-state index contributed by atoms with van der Waals surface area (Å²) in [5.41, 5.74) is 4.68. The minimum atomic E-state index is 0.0810. The number of nitrogens with zero attached hydrogens (tertiary/aromatic N) is 2. The zero-order chi connectivity index (χ0) is 14.7. The van der Waals surface area contributed by atoms with Gasteiger partial charge in [0.15, 0.2) is 5.58 Å². The third-order valence-corrected chi connectivity index (χ3v) is 2.90. The van der Waals surface area contributed by atoms with E-state index in [-0.39, 0.29) is 5.75 Å². The van der Waals surface area contributed by atoms with E-state index in [4.69, 9.17) is 9.15 Å². The maximum Gasteiger partial charge on any atom is 0.316 e. The van der Waals surface area contributed by atoms with Gasteiger partial charge < -0.3 is 14.3 Å². The quantitative estimate of drug-likeness (QED) is 0.568. The SMILES string of the molecule is COc1ccc(/C=N/Nc2nc3ccccc3o2)c(O)c1. The van der Waals surface area contributed by atoms with Gasteiger partial charge in [-0.25, -0.2) is 5.43 Å². The number of fused-ring (bicyclic) bond motifs is 1. The van der Waals surface area contributed by atoms with E-state index in [1.165, 1.54) is 19.4 Å². The molecular weight excluding hydrogens is 270 g/mol. The van der Waals surface area contributed by atoms with Crippen molar-refractivity contribution < 1.29 is 14.3 Å². The van der Waals surface area contributed by atoms with Crippen molar-refractivity contribution in [1.82, 2.24) is 4.98 Å². The molecule has 0 unspecified atom stereocenters. The van der Waals surface area contributed by atoms with Gasteiger partial charge in [-0.05, 0) is 24.3 Å². The van der Waals surface area contributed by atoms with E-state index in [0.29, 0.717) is 22.9 Å². The van der Waals surface area contributed by atoms with E-state index in [1.807, 2.05) is 24.3 Å². The second-order valence-corrected chi connectivity index (χ2v) is 4.28. The van der Waals surface area contributed by atoms with Gasteiger partial charge in [0.05, 0.1) is 13.3 Å². The highest BCUT2D eigenvalue weighted by Gasteiger charge is 2.03. The smallest absolute Gasteiger partial charge is 0.316 e. The van der Waals surface area contributed by atoms with E-state index < -0.39 is 0 Å². The third-order valence-electron chi connectivity index (χ3n) is 2.90. The molecule has 2 aromatic carbocycles. The predicted octanol–water partition coefficient (Wildman–Crippen LogP) is 2.99. The van der Waals surface area contributed by atoms with Crippen LogP contribution in [0.4, 0.5) is 6.01 Å². The first-order chi connectivity index (χ1) is 10.3. The molecule has 0 atom stereocenters. The summed E-state index contributed by atoms with van der Waals surface area (Å²) in [6.45, 7) is 0. The topological polar surface area (TPSA) is 79.9 Å². The first kappa shape index (κ1) is 13.0. The van der Waals surface area contributed by atoms with Gasteiger partial charge in [0.1, 0.15) is 17.0 Å². The highest BCUT2D eigenvalue weighted by Crippen LogP contribution is 2.22. The lowest BCUT2D eigenvalue weighted by Gasteiger charge is -2.02. The Kier molecular flexibility index (Phi) is 3.42. The summed E-state index contributed by atoms with van der Waals surface area (Å²) in [4.78, 5) is 4.22. The molecule has 0 saturated carbocycles. The van der Waals surface area contributed by atoms with Crippen molar-refractivity contribution in [2.45, 2.75) is 0 Å². The van der Waals surface area contributed by atoms with Crippen LogP contribution in [0.25, 0.3) is 11.1 Å². The lowest BCUT2D eigenvalue weighted by atomic mass is 10.2. The largest absolute Gasteiger partial charge is 0.507 e. The van der Waals surface area contributed by atoms with Crippen molar-refractivity contribution in [1.29, 1.82) is 0 Å². The van der Waals surface area contributed by atoms with Crippen LogP contribution < -0.4 is 10.2 Å². The van der Waals surface area contributed by atoms with Gasteiger partial charge in [0.25, 0.3) is 0 Å². The molecule has 6 heteroatoms. The van der Waals surface area contributed by atoms with Gasteiger partial charge in [-0.1, -0.05) is 12.1 Å². The molecule has 1 heterocycles. The highest BCUT2D eigenvalue weighted by atomic mass is 16.5. The number of ether oxygens (including phenoxy) is 1. The van der Waals surface area contributed by atoms with Crippen LogP contribution in [0.3, 0.4) is 0 Å². The second kappa shape index (κ2) is 5.54. The fraction of sp³-hybridized carbons (Fsp3) is 0.0667. The minimum absolute atomic E-state index is 0.0810. The first-order valence-corrected chi connectivity index (χ1v) is 6.28. The van der Waals surface area contributed by atoms with Crippen molar-refractivity contribution in [2.24, 2.45) is 5.10 Å². The van der Waals surface area contributed by atoms with E-state index in [1.54, 1.807) is 12.1 Å². The Morgan fingerprint density at radius 3 is 2.90 bits per heavy atom. The van der Waals surface area contributed by atoms with Crippen molar-refractivity contribution >= 4 is 23.3 Å². The molecule has 0 aliphatic heterocycles. The lowest BCUT2D eigenvalue weighted by molar-refractivity contribution is 0.407. The average Bonchev–Trinajstić information content (AvgIpc) is 2.91. The second-order valence-electron chi connectivity index (χ2n) is 4.28. The summed E-state index contributed by atoms with van der Waals surface area (Å²) in [5, 5.41) is 13.8. The van der Waals surface area contributed by atoms with Crippen LogP contribution in [0.2, 0.25) is 0 Å². The van der Waals surface area contributed by atoms with Crippen LogP contribution in [0.1, 0.15) is 5.56 Å². The number of phenolic OH excluding ortho intramolecular Hbond substituents is 1. The Morgan fingerprint density at radius 2 is 2.14 bits per heavy atom. The molecule has 0 spiro atoms. The standard InChI is InChI=1S/C15H13N3O3/c1-20-11-7-6-10(13(19)8-11)9-16-18-15-17-12-4-2-3-5-14(12)21-15/h2-9,19H,1H3,(H,17,18)/b16-9+. The molecule has 0 aliphatic rings. The van der Waals surface area contributed by atoms with Crippen molar-refractivity contribution in [3.63, 3.8) is 0 Å². The third kappa shape index (κ3) is 2.79. The zero-order valence-electron chi connectivity index (χ0n) is 11.3. The van der Waals surface area contributed by atoms with Crippen LogP contribution in [0, 0.1) is 0 Å². The van der Waals surface area contributed by atoms with E-state index in [0.717, 1.165) is 5.52 Å². The number of para-hydroxylation sites is 2. The number of aromatic hydroxyl groups is 1. The number of benzene rings is 2. The summed E-state index contributed by atoms with van der Waals surface area (Å²) in [5.74, 6) is 0.661. The average molecular weight is 283 g/mol. The monoisotopic (exact) mass is 283 g/mol. The number of rotatable bonds is 4. The molecular formula is C15H13N3O3. The minimum Gasteiger partial charge on any atom is -0.507 e. The normalized spacial score (nSPS) is 11.1. The summed E-state index contributed by atoms with van der Waals surface area (Å²) in [6, 6.07) is 12.7. The molecule has 0 aliphatic carbocycles. The number of hydrogen-bond donors (Lipinski definition) is 2. The Bertz CT molecular complexity index is 763. The number of hydrogen-bond acceptors (Lipinski definition) is 6. The number of hydrazone groups is 1. The molecule has 106 valence electrons. The number of aromatic nitrogens is 1. The molecule has 1 aromatic heterocycles. The lowest BCUT2D eigenvalue weighted by Crippen LogP contribution is -1.91. The summed E-state index contributed by atoms with van der Waals surface area (Å²) in [7, 11) is 1.54. The Labute approximate surface area is 120 Å². The van der Waals surface area contributed by atoms with E-state index in [2.05, 4.69) is 15.5 Å².